The van der Waals surface area contributed by atoms with Crippen LogP contribution in [0.5, 0.6) is 0 Å². The summed E-state index contributed by atoms with van der Waals surface area (Å²) in [5, 5.41) is 0. The van der Waals surface area contributed by atoms with Gasteiger partial charge in [0, 0.05) is 19.3 Å². The second-order valence-corrected chi connectivity index (χ2v) is 23.0. The second-order valence-electron chi connectivity index (χ2n) is 23.0. The first-order valence-corrected chi connectivity index (χ1v) is 35.0. The van der Waals surface area contributed by atoms with Crippen LogP contribution in [0, 0.1) is 0 Å². The third-order valence-corrected chi connectivity index (χ3v) is 14.9. The van der Waals surface area contributed by atoms with Gasteiger partial charge in [0.15, 0.2) is 6.10 Å². The van der Waals surface area contributed by atoms with Gasteiger partial charge in [-0.1, -0.05) is 303 Å². The first kappa shape index (κ1) is 78.8. The first-order chi connectivity index (χ1) is 41.0. The van der Waals surface area contributed by atoms with Gasteiger partial charge in [0.25, 0.3) is 0 Å². The molecule has 1 atom stereocenters. The van der Waals surface area contributed by atoms with Crippen molar-refractivity contribution >= 4 is 17.9 Å². The lowest BCUT2D eigenvalue weighted by Crippen LogP contribution is -2.30. The summed E-state index contributed by atoms with van der Waals surface area (Å²) in [6.45, 7) is 6.41. The topological polar surface area (TPSA) is 78.9 Å². The summed E-state index contributed by atoms with van der Waals surface area (Å²) < 4.78 is 17.0. The number of hydrogen-bond donors (Lipinski definition) is 0. The van der Waals surface area contributed by atoms with E-state index in [0.717, 1.165) is 141 Å². The highest BCUT2D eigenvalue weighted by atomic mass is 16.6. The lowest BCUT2D eigenvalue weighted by atomic mass is 10.0. The fraction of sp³-hybridized carbons (Fsp3) is 0.701. The molecule has 0 aromatic carbocycles. The Morgan fingerprint density at radius 3 is 0.735 bits per heavy atom. The van der Waals surface area contributed by atoms with Gasteiger partial charge in [-0.05, 0) is 128 Å². The third kappa shape index (κ3) is 68.5. The number of unbranched alkanes of at least 4 members (excludes halogenated alkanes) is 32. The van der Waals surface area contributed by atoms with Crippen molar-refractivity contribution in [2.24, 2.45) is 0 Å². The quantitative estimate of drug-likeness (QED) is 0.0261. The smallest absolute Gasteiger partial charge is 0.306 e. The van der Waals surface area contributed by atoms with Gasteiger partial charge in [-0.25, -0.2) is 0 Å². The van der Waals surface area contributed by atoms with E-state index >= 15 is 0 Å². The molecule has 0 rings (SSSR count). The predicted octanol–water partition coefficient (Wildman–Crippen LogP) is 24.3. The largest absolute Gasteiger partial charge is 0.462 e. The molecule has 0 aliphatic rings. The Bertz CT molecular complexity index is 1700. The van der Waals surface area contributed by atoms with E-state index in [1.807, 2.05) is 0 Å². The molecule has 1 unspecified atom stereocenters. The van der Waals surface area contributed by atoms with Crippen LogP contribution in [-0.4, -0.2) is 37.2 Å². The average molecular weight is 1150 g/mol. The summed E-state index contributed by atoms with van der Waals surface area (Å²) in [6.07, 6.45) is 97.9. The van der Waals surface area contributed by atoms with Gasteiger partial charge in [-0.3, -0.25) is 14.4 Å². The van der Waals surface area contributed by atoms with Crippen LogP contribution in [0.25, 0.3) is 0 Å². The highest BCUT2D eigenvalue weighted by Gasteiger charge is 2.19. The molecule has 0 spiro atoms. The number of allylic oxidation sites excluding steroid dienone is 20. The van der Waals surface area contributed by atoms with E-state index in [1.165, 1.54) is 148 Å². The Morgan fingerprint density at radius 2 is 0.470 bits per heavy atom. The molecule has 0 fully saturated rings. The molecule has 83 heavy (non-hydrogen) atoms. The number of carbonyl (C=O) groups excluding carboxylic acids is 3. The summed E-state index contributed by atoms with van der Waals surface area (Å²) in [7, 11) is 0. The van der Waals surface area contributed by atoms with Crippen LogP contribution in [0.3, 0.4) is 0 Å². The van der Waals surface area contributed by atoms with E-state index in [0.29, 0.717) is 19.3 Å². The minimum atomic E-state index is -0.798. The lowest BCUT2D eigenvalue weighted by molar-refractivity contribution is -0.167. The van der Waals surface area contributed by atoms with Crippen molar-refractivity contribution in [2.75, 3.05) is 13.2 Å². The van der Waals surface area contributed by atoms with Gasteiger partial charge in [0.05, 0.1) is 0 Å². The highest BCUT2D eigenvalue weighted by molar-refractivity contribution is 5.71. The van der Waals surface area contributed by atoms with E-state index in [9.17, 15) is 14.4 Å². The minimum absolute atomic E-state index is 0.0902. The first-order valence-electron chi connectivity index (χ1n) is 35.0. The number of rotatable bonds is 63. The van der Waals surface area contributed by atoms with Crippen molar-refractivity contribution in [1.29, 1.82) is 0 Å². The molecule has 0 aliphatic carbocycles. The van der Waals surface area contributed by atoms with Crippen LogP contribution in [0.2, 0.25) is 0 Å². The molecule has 0 aromatic rings. The van der Waals surface area contributed by atoms with Crippen molar-refractivity contribution in [3.63, 3.8) is 0 Å². The molecule has 0 saturated carbocycles. The van der Waals surface area contributed by atoms with Gasteiger partial charge in [0.2, 0.25) is 0 Å². The number of carbonyl (C=O) groups is 3. The molecule has 0 aromatic heterocycles. The molecular weight excluding hydrogens is 1020 g/mol. The third-order valence-electron chi connectivity index (χ3n) is 14.9. The maximum Gasteiger partial charge on any atom is 0.306 e. The van der Waals surface area contributed by atoms with Crippen LogP contribution >= 0.6 is 0 Å². The minimum Gasteiger partial charge on any atom is -0.462 e. The van der Waals surface area contributed by atoms with E-state index in [2.05, 4.69) is 142 Å². The number of ether oxygens (including phenoxy) is 3. The van der Waals surface area contributed by atoms with E-state index in [4.69, 9.17) is 14.2 Å². The summed E-state index contributed by atoms with van der Waals surface area (Å²) in [5.41, 5.74) is 0. The molecule has 0 saturated heterocycles. The highest BCUT2D eigenvalue weighted by Crippen LogP contribution is 2.17. The standard InChI is InChI=1S/C77H130O6/c1-4-7-10-13-16-19-22-25-28-31-33-35-36-37-38-39-40-42-43-46-49-52-55-58-61-64-67-70-76(79)82-73-74(72-81-75(78)69-66-63-60-57-54-51-48-45-30-27-24-21-18-15-12-9-6-3)83-77(80)71-68-65-62-59-56-53-50-47-44-41-34-32-29-26-23-20-17-14-11-8-5-2/h8-9,11-12,17-18,20-22,25-27,29-31,33-34,41,47,50,74H,4-7,10,13-16,19,23-24,28,32,35-40,42-46,48-49,51-73H2,1-3H3/b11-8-,12-9-,20-17-,21-18-,25-22-,29-26-,30-27-,33-31-,41-34-,50-47-. The Morgan fingerprint density at radius 1 is 0.253 bits per heavy atom. The molecule has 0 N–H and O–H groups in total. The fourth-order valence-corrected chi connectivity index (χ4v) is 9.75. The molecule has 0 bridgehead atoms. The normalized spacial score (nSPS) is 12.9. The van der Waals surface area contributed by atoms with Crippen molar-refractivity contribution in [3.05, 3.63) is 122 Å². The van der Waals surface area contributed by atoms with Crippen LogP contribution in [0.1, 0.15) is 329 Å². The molecule has 0 heterocycles. The van der Waals surface area contributed by atoms with Gasteiger partial charge >= 0.3 is 17.9 Å². The van der Waals surface area contributed by atoms with Crippen LogP contribution in [0.15, 0.2) is 122 Å². The lowest BCUT2D eigenvalue weighted by Gasteiger charge is -2.18. The molecule has 0 amide bonds. The Balaban J connectivity index is 4.37. The molecule has 6 heteroatoms. The van der Waals surface area contributed by atoms with Gasteiger partial charge < -0.3 is 14.2 Å². The average Bonchev–Trinajstić information content (AvgIpc) is 3.50. The number of esters is 3. The summed E-state index contributed by atoms with van der Waals surface area (Å²) in [5.74, 6) is -0.909. The van der Waals surface area contributed by atoms with Crippen LogP contribution in [0.4, 0.5) is 0 Å². The zero-order valence-corrected chi connectivity index (χ0v) is 54.4. The van der Waals surface area contributed by atoms with Crippen molar-refractivity contribution in [1.82, 2.24) is 0 Å². The summed E-state index contributed by atoms with van der Waals surface area (Å²) >= 11 is 0. The SMILES string of the molecule is CC/C=C\C/C=C\C/C=C\C/C=C\C/C=C\CCCCCCCC(=O)OC(COC(=O)CCCCCCCCC/C=C\C/C=C\C/C=C\CC)COC(=O)CCCCCCCCCCCCCCCCC/C=C\C/C=C\CCCCCCC. The van der Waals surface area contributed by atoms with Crippen LogP contribution < -0.4 is 0 Å². The van der Waals surface area contributed by atoms with Gasteiger partial charge in [-0.15, -0.1) is 0 Å². The molecule has 6 nitrogen and oxygen atoms in total. The van der Waals surface area contributed by atoms with Crippen molar-refractivity contribution < 1.29 is 28.6 Å². The molecule has 0 aliphatic heterocycles. The molecular formula is C77H130O6. The Kier molecular flexibility index (Phi) is 66.7. The zero-order chi connectivity index (χ0) is 59.9. The Hall–Kier alpha value is -4.19. The van der Waals surface area contributed by atoms with Crippen molar-refractivity contribution in [2.45, 2.75) is 335 Å². The van der Waals surface area contributed by atoms with Gasteiger partial charge in [-0.2, -0.15) is 0 Å². The molecule has 0 radical (unpaired) electrons. The van der Waals surface area contributed by atoms with E-state index < -0.39 is 6.10 Å². The monoisotopic (exact) mass is 1150 g/mol. The maximum atomic E-state index is 13.0. The maximum absolute atomic E-state index is 13.0. The van der Waals surface area contributed by atoms with Crippen LogP contribution in [-0.2, 0) is 28.6 Å². The fourth-order valence-electron chi connectivity index (χ4n) is 9.75. The van der Waals surface area contributed by atoms with E-state index in [-0.39, 0.29) is 31.1 Å². The molecule has 474 valence electrons. The predicted molar refractivity (Wildman–Crippen MR) is 362 cm³/mol. The summed E-state index contributed by atoms with van der Waals surface area (Å²) in [6, 6.07) is 0. The second kappa shape index (κ2) is 70.3. The number of hydrogen-bond acceptors (Lipinski definition) is 6. The van der Waals surface area contributed by atoms with Gasteiger partial charge in [0.1, 0.15) is 13.2 Å². The Labute approximate surface area is 513 Å². The van der Waals surface area contributed by atoms with Crippen molar-refractivity contribution in [3.8, 4) is 0 Å². The summed E-state index contributed by atoms with van der Waals surface area (Å²) in [4.78, 5) is 38.5. The zero-order valence-electron chi connectivity index (χ0n) is 54.4. The van der Waals surface area contributed by atoms with E-state index in [1.54, 1.807) is 0 Å².